The standard InChI is InChI=1S/C22H15NO5/c1-27-17-11-9-14(10-12-17)21(24)22-20(18-7-2-3-8-19(18)28-22)15-5-4-6-16(13-15)23(25)26/h2-13H,1H3. The molecule has 0 saturated heterocycles. The molecular formula is C22H15NO5. The zero-order valence-electron chi connectivity index (χ0n) is 14.9. The highest BCUT2D eigenvalue weighted by molar-refractivity contribution is 6.15. The van der Waals surface area contributed by atoms with Gasteiger partial charge < -0.3 is 9.15 Å². The van der Waals surface area contributed by atoms with Crippen molar-refractivity contribution < 1.29 is 18.9 Å². The maximum atomic E-state index is 13.2. The average Bonchev–Trinajstić information content (AvgIpc) is 3.13. The van der Waals surface area contributed by atoms with Crippen molar-refractivity contribution in [3.05, 3.63) is 94.2 Å². The second-order valence-electron chi connectivity index (χ2n) is 6.17. The largest absolute Gasteiger partial charge is 0.497 e. The summed E-state index contributed by atoms with van der Waals surface area (Å²) in [6.07, 6.45) is 0. The number of carbonyl (C=O) groups excluding carboxylic acids is 1. The van der Waals surface area contributed by atoms with Crippen LogP contribution in [0.25, 0.3) is 22.1 Å². The molecule has 28 heavy (non-hydrogen) atoms. The van der Waals surface area contributed by atoms with E-state index in [4.69, 9.17) is 9.15 Å². The molecule has 0 spiro atoms. The molecule has 0 radical (unpaired) electrons. The van der Waals surface area contributed by atoms with Gasteiger partial charge in [-0.3, -0.25) is 14.9 Å². The van der Waals surface area contributed by atoms with Crippen molar-refractivity contribution in [1.29, 1.82) is 0 Å². The number of furan rings is 1. The number of ether oxygens (including phenoxy) is 1. The predicted octanol–water partition coefficient (Wildman–Crippen LogP) is 5.25. The quantitative estimate of drug-likeness (QED) is 0.271. The van der Waals surface area contributed by atoms with E-state index >= 15 is 0 Å². The first kappa shape index (κ1) is 17.5. The minimum atomic E-state index is -0.462. The molecule has 0 N–H and O–H groups in total. The van der Waals surface area contributed by atoms with E-state index in [2.05, 4.69) is 0 Å². The SMILES string of the molecule is COc1ccc(C(=O)c2oc3ccccc3c2-c2cccc([N+](=O)[O-])c2)cc1. The average molecular weight is 373 g/mol. The number of nitro groups is 1. The molecule has 3 aromatic carbocycles. The third-order valence-corrected chi connectivity index (χ3v) is 4.50. The molecule has 0 saturated carbocycles. The van der Waals surface area contributed by atoms with E-state index < -0.39 is 4.92 Å². The number of fused-ring (bicyclic) bond motifs is 1. The Hall–Kier alpha value is -3.93. The van der Waals surface area contributed by atoms with Crippen LogP contribution in [0.15, 0.2) is 77.2 Å². The van der Waals surface area contributed by atoms with Gasteiger partial charge in [-0.05, 0) is 35.9 Å². The number of methoxy groups -OCH3 is 1. The van der Waals surface area contributed by atoms with Gasteiger partial charge in [-0.1, -0.05) is 30.3 Å². The fraction of sp³-hybridized carbons (Fsp3) is 0.0455. The van der Waals surface area contributed by atoms with Gasteiger partial charge in [0.25, 0.3) is 5.69 Å². The number of rotatable bonds is 5. The van der Waals surface area contributed by atoms with Crippen molar-refractivity contribution in [3.8, 4) is 16.9 Å². The Balaban J connectivity index is 1.91. The molecule has 6 heteroatoms. The van der Waals surface area contributed by atoms with Crippen LogP contribution >= 0.6 is 0 Å². The van der Waals surface area contributed by atoms with Crippen molar-refractivity contribution in [2.24, 2.45) is 0 Å². The third kappa shape index (κ3) is 3.01. The van der Waals surface area contributed by atoms with Gasteiger partial charge in [0.2, 0.25) is 5.78 Å². The van der Waals surface area contributed by atoms with Gasteiger partial charge in [0.15, 0.2) is 5.76 Å². The number of hydrogen-bond donors (Lipinski definition) is 0. The van der Waals surface area contributed by atoms with Crippen LogP contribution < -0.4 is 4.74 Å². The molecule has 0 amide bonds. The monoisotopic (exact) mass is 373 g/mol. The van der Waals surface area contributed by atoms with Gasteiger partial charge in [-0.15, -0.1) is 0 Å². The van der Waals surface area contributed by atoms with Crippen LogP contribution in [-0.2, 0) is 0 Å². The summed E-state index contributed by atoms with van der Waals surface area (Å²) >= 11 is 0. The molecular weight excluding hydrogens is 358 g/mol. The minimum absolute atomic E-state index is 0.0503. The summed E-state index contributed by atoms with van der Waals surface area (Å²) in [5, 5.41) is 11.9. The van der Waals surface area contributed by atoms with Crippen molar-refractivity contribution >= 4 is 22.4 Å². The predicted molar refractivity (Wildman–Crippen MR) is 105 cm³/mol. The molecule has 0 fully saturated rings. The minimum Gasteiger partial charge on any atom is -0.497 e. The number of nitro benzene ring substituents is 1. The van der Waals surface area contributed by atoms with Gasteiger partial charge in [-0.25, -0.2) is 0 Å². The second-order valence-corrected chi connectivity index (χ2v) is 6.17. The molecule has 0 bridgehead atoms. The van der Waals surface area contributed by atoms with Gasteiger partial charge in [0, 0.05) is 28.6 Å². The van der Waals surface area contributed by atoms with Crippen molar-refractivity contribution in [1.82, 2.24) is 0 Å². The summed E-state index contributed by atoms with van der Waals surface area (Å²) in [6.45, 7) is 0. The Bertz CT molecular complexity index is 1190. The molecule has 6 nitrogen and oxygen atoms in total. The zero-order chi connectivity index (χ0) is 19.7. The Morgan fingerprint density at radius 1 is 1.00 bits per heavy atom. The van der Waals surface area contributed by atoms with Gasteiger partial charge in [0.05, 0.1) is 12.0 Å². The molecule has 4 aromatic rings. The summed E-state index contributed by atoms with van der Waals surface area (Å²) in [5.74, 6) is 0.479. The first-order chi connectivity index (χ1) is 13.6. The third-order valence-electron chi connectivity index (χ3n) is 4.50. The van der Waals surface area contributed by atoms with E-state index in [-0.39, 0.29) is 17.2 Å². The van der Waals surface area contributed by atoms with E-state index in [0.717, 1.165) is 5.39 Å². The van der Waals surface area contributed by atoms with Gasteiger partial charge in [0.1, 0.15) is 11.3 Å². The Morgan fingerprint density at radius 2 is 1.75 bits per heavy atom. The lowest BCUT2D eigenvalue weighted by molar-refractivity contribution is -0.384. The van der Waals surface area contributed by atoms with E-state index in [9.17, 15) is 14.9 Å². The number of ketones is 1. The molecule has 1 heterocycles. The lowest BCUT2D eigenvalue weighted by Gasteiger charge is -2.05. The number of non-ortho nitro benzene ring substituents is 1. The number of hydrogen-bond acceptors (Lipinski definition) is 5. The van der Waals surface area contributed by atoms with Crippen molar-refractivity contribution in [2.75, 3.05) is 7.11 Å². The fourth-order valence-electron chi connectivity index (χ4n) is 3.14. The Kier molecular flexibility index (Phi) is 4.37. The maximum Gasteiger partial charge on any atom is 0.270 e. The second kappa shape index (κ2) is 7.00. The number of carbonyl (C=O) groups is 1. The topological polar surface area (TPSA) is 82.6 Å². The summed E-state index contributed by atoms with van der Waals surface area (Å²) in [5.41, 5.74) is 2.02. The van der Waals surface area contributed by atoms with E-state index in [1.807, 2.05) is 18.2 Å². The van der Waals surface area contributed by atoms with Gasteiger partial charge >= 0.3 is 0 Å². The molecule has 0 aliphatic carbocycles. The normalized spacial score (nSPS) is 10.8. The van der Waals surface area contributed by atoms with Crippen LogP contribution in [0.1, 0.15) is 16.1 Å². The van der Waals surface area contributed by atoms with Gasteiger partial charge in [-0.2, -0.15) is 0 Å². The number of para-hydroxylation sites is 1. The van der Waals surface area contributed by atoms with Crippen LogP contribution in [0.3, 0.4) is 0 Å². The van der Waals surface area contributed by atoms with E-state index in [1.54, 1.807) is 49.6 Å². The van der Waals surface area contributed by atoms with Crippen LogP contribution in [0, 0.1) is 10.1 Å². The highest BCUT2D eigenvalue weighted by Gasteiger charge is 2.24. The molecule has 0 aliphatic heterocycles. The molecule has 4 rings (SSSR count). The van der Waals surface area contributed by atoms with Crippen LogP contribution in [0.5, 0.6) is 5.75 Å². The highest BCUT2D eigenvalue weighted by Crippen LogP contribution is 2.37. The summed E-state index contributed by atoms with van der Waals surface area (Å²) in [4.78, 5) is 23.9. The van der Waals surface area contributed by atoms with Crippen LogP contribution in [-0.4, -0.2) is 17.8 Å². The fourth-order valence-corrected chi connectivity index (χ4v) is 3.14. The Morgan fingerprint density at radius 3 is 2.46 bits per heavy atom. The first-order valence-corrected chi connectivity index (χ1v) is 8.53. The molecule has 0 atom stereocenters. The Labute approximate surface area is 160 Å². The lowest BCUT2D eigenvalue weighted by atomic mass is 9.97. The molecule has 0 aliphatic rings. The first-order valence-electron chi connectivity index (χ1n) is 8.53. The van der Waals surface area contributed by atoms with Crippen molar-refractivity contribution in [2.45, 2.75) is 0 Å². The number of nitrogens with zero attached hydrogens (tertiary/aromatic N) is 1. The summed E-state index contributed by atoms with van der Waals surface area (Å²) in [6, 6.07) is 20.1. The molecule has 1 aromatic heterocycles. The summed E-state index contributed by atoms with van der Waals surface area (Å²) in [7, 11) is 1.55. The maximum absolute atomic E-state index is 13.2. The van der Waals surface area contributed by atoms with Crippen LogP contribution in [0.4, 0.5) is 5.69 Å². The van der Waals surface area contributed by atoms with E-state index in [1.165, 1.54) is 12.1 Å². The summed E-state index contributed by atoms with van der Waals surface area (Å²) < 4.78 is 11.0. The number of benzene rings is 3. The molecule has 0 unspecified atom stereocenters. The highest BCUT2D eigenvalue weighted by atomic mass is 16.6. The lowest BCUT2D eigenvalue weighted by Crippen LogP contribution is -2.01. The smallest absolute Gasteiger partial charge is 0.270 e. The van der Waals surface area contributed by atoms with E-state index in [0.29, 0.717) is 28.0 Å². The zero-order valence-corrected chi connectivity index (χ0v) is 14.9. The van der Waals surface area contributed by atoms with Crippen LogP contribution in [0.2, 0.25) is 0 Å². The van der Waals surface area contributed by atoms with Crippen molar-refractivity contribution in [3.63, 3.8) is 0 Å². The molecule has 138 valence electrons.